The van der Waals surface area contributed by atoms with Crippen molar-refractivity contribution in [2.75, 3.05) is 44.2 Å². The monoisotopic (exact) mass is 428 g/mol. The standard InChI is InChI=1S/C24H30F2N4O/c25-21-8-6-20(16-22(21)26)18-28-11-3-4-19(17-28)7-9-24(31)30-14-12-29(13-15-30)23-5-1-2-10-27-23/h1-2,5-6,8,10,16,19H,3-4,7,9,11-15,17-18H2/t19-/m0/s1. The second-order valence-corrected chi connectivity index (χ2v) is 8.59. The second-order valence-electron chi connectivity index (χ2n) is 8.59. The van der Waals surface area contributed by atoms with Crippen molar-refractivity contribution >= 4 is 11.7 Å². The van der Waals surface area contributed by atoms with Crippen molar-refractivity contribution in [3.05, 3.63) is 59.8 Å². The van der Waals surface area contributed by atoms with Gasteiger partial charge in [-0.3, -0.25) is 9.69 Å². The number of piperazine rings is 1. The number of benzene rings is 1. The summed E-state index contributed by atoms with van der Waals surface area (Å²) in [6.45, 7) is 5.59. The highest BCUT2D eigenvalue weighted by atomic mass is 19.2. The predicted octanol–water partition coefficient (Wildman–Crippen LogP) is 3.70. The number of aromatic nitrogens is 1. The molecule has 3 heterocycles. The van der Waals surface area contributed by atoms with E-state index in [1.165, 1.54) is 12.1 Å². The summed E-state index contributed by atoms with van der Waals surface area (Å²) in [5.41, 5.74) is 0.793. The molecule has 0 unspecified atom stereocenters. The van der Waals surface area contributed by atoms with Crippen LogP contribution < -0.4 is 4.90 Å². The van der Waals surface area contributed by atoms with E-state index in [0.29, 0.717) is 18.9 Å². The van der Waals surface area contributed by atoms with Crippen molar-refractivity contribution in [3.8, 4) is 0 Å². The van der Waals surface area contributed by atoms with E-state index in [-0.39, 0.29) is 5.91 Å². The Labute approximate surface area is 182 Å². The number of amides is 1. The molecule has 4 rings (SSSR count). The maximum atomic E-state index is 13.5. The molecule has 5 nitrogen and oxygen atoms in total. The van der Waals surface area contributed by atoms with Crippen LogP contribution in [0, 0.1) is 17.6 Å². The molecule has 7 heteroatoms. The normalized spacial score (nSPS) is 20.1. The van der Waals surface area contributed by atoms with Gasteiger partial charge in [0.15, 0.2) is 11.6 Å². The number of likely N-dealkylation sites (tertiary alicyclic amines) is 1. The van der Waals surface area contributed by atoms with Crippen LogP contribution >= 0.6 is 0 Å². The molecule has 1 aromatic heterocycles. The summed E-state index contributed by atoms with van der Waals surface area (Å²) in [6, 6.07) is 10.0. The lowest BCUT2D eigenvalue weighted by molar-refractivity contribution is -0.131. The van der Waals surface area contributed by atoms with Gasteiger partial charge in [-0.15, -0.1) is 0 Å². The molecule has 0 N–H and O–H groups in total. The van der Waals surface area contributed by atoms with Crippen molar-refractivity contribution in [2.24, 2.45) is 5.92 Å². The summed E-state index contributed by atoms with van der Waals surface area (Å²) in [7, 11) is 0. The predicted molar refractivity (Wildman–Crippen MR) is 117 cm³/mol. The number of hydrogen-bond acceptors (Lipinski definition) is 4. The molecular formula is C24H30F2N4O. The Morgan fingerprint density at radius 1 is 1.03 bits per heavy atom. The average Bonchev–Trinajstić information content (AvgIpc) is 2.81. The third kappa shape index (κ3) is 5.79. The molecule has 166 valence electrons. The van der Waals surface area contributed by atoms with Gasteiger partial charge in [-0.1, -0.05) is 12.1 Å². The highest BCUT2D eigenvalue weighted by Crippen LogP contribution is 2.24. The lowest BCUT2D eigenvalue weighted by atomic mass is 9.92. The summed E-state index contributed by atoms with van der Waals surface area (Å²) in [5, 5.41) is 0. The van der Waals surface area contributed by atoms with Crippen LogP contribution in [0.3, 0.4) is 0 Å². The highest BCUT2D eigenvalue weighted by molar-refractivity contribution is 5.76. The fraction of sp³-hybridized carbons (Fsp3) is 0.500. The molecule has 0 aliphatic carbocycles. The Bertz CT molecular complexity index is 871. The van der Waals surface area contributed by atoms with Gasteiger partial charge in [-0.05, 0) is 61.6 Å². The number of halogens is 2. The molecule has 2 fully saturated rings. The molecule has 0 bridgehead atoms. The smallest absolute Gasteiger partial charge is 0.222 e. The first-order chi connectivity index (χ1) is 15.1. The Balaban J connectivity index is 1.21. The van der Waals surface area contributed by atoms with Gasteiger partial charge in [0.1, 0.15) is 5.82 Å². The number of rotatable bonds is 6. The van der Waals surface area contributed by atoms with Crippen LogP contribution in [-0.4, -0.2) is 60.0 Å². The summed E-state index contributed by atoms with van der Waals surface area (Å²) in [4.78, 5) is 23.6. The van der Waals surface area contributed by atoms with Gasteiger partial charge in [-0.25, -0.2) is 13.8 Å². The zero-order valence-corrected chi connectivity index (χ0v) is 17.9. The van der Waals surface area contributed by atoms with Crippen molar-refractivity contribution in [1.82, 2.24) is 14.8 Å². The van der Waals surface area contributed by atoms with Gasteiger partial charge in [0.2, 0.25) is 5.91 Å². The fourth-order valence-electron chi connectivity index (χ4n) is 4.64. The fourth-order valence-corrected chi connectivity index (χ4v) is 4.64. The average molecular weight is 429 g/mol. The SMILES string of the molecule is O=C(CC[C@@H]1CCCN(Cc2ccc(F)c(F)c2)C1)N1CCN(c2ccccn2)CC1. The number of anilines is 1. The quantitative estimate of drug-likeness (QED) is 0.704. The maximum Gasteiger partial charge on any atom is 0.222 e. The Kier molecular flexibility index (Phi) is 7.12. The first-order valence-corrected chi connectivity index (χ1v) is 11.2. The number of piperidine rings is 1. The van der Waals surface area contributed by atoms with Crippen LogP contribution in [0.5, 0.6) is 0 Å². The lowest BCUT2D eigenvalue weighted by Crippen LogP contribution is -2.49. The molecule has 1 atom stereocenters. The van der Waals surface area contributed by atoms with E-state index in [4.69, 9.17) is 0 Å². The second kappa shape index (κ2) is 10.2. The molecule has 2 aromatic rings. The van der Waals surface area contributed by atoms with Gasteiger partial charge in [-0.2, -0.15) is 0 Å². The zero-order valence-electron chi connectivity index (χ0n) is 17.9. The van der Waals surface area contributed by atoms with E-state index < -0.39 is 11.6 Å². The van der Waals surface area contributed by atoms with E-state index in [0.717, 1.165) is 69.9 Å². The summed E-state index contributed by atoms with van der Waals surface area (Å²) < 4.78 is 26.6. The van der Waals surface area contributed by atoms with E-state index >= 15 is 0 Å². The number of carbonyl (C=O) groups excluding carboxylic acids is 1. The number of hydrogen-bond donors (Lipinski definition) is 0. The largest absolute Gasteiger partial charge is 0.353 e. The summed E-state index contributed by atoms with van der Waals surface area (Å²) in [5.74, 6) is 0.0774. The molecule has 0 saturated carbocycles. The minimum absolute atomic E-state index is 0.235. The molecule has 2 aliphatic heterocycles. The van der Waals surface area contributed by atoms with Gasteiger partial charge in [0.05, 0.1) is 0 Å². The Hall–Kier alpha value is -2.54. The highest BCUT2D eigenvalue weighted by Gasteiger charge is 2.24. The lowest BCUT2D eigenvalue weighted by Gasteiger charge is -2.36. The van der Waals surface area contributed by atoms with Crippen molar-refractivity contribution in [2.45, 2.75) is 32.2 Å². The van der Waals surface area contributed by atoms with Crippen LogP contribution in [0.1, 0.15) is 31.2 Å². The summed E-state index contributed by atoms with van der Waals surface area (Å²) >= 11 is 0. The van der Waals surface area contributed by atoms with Gasteiger partial charge in [0, 0.05) is 51.9 Å². The van der Waals surface area contributed by atoms with E-state index in [2.05, 4.69) is 14.8 Å². The number of nitrogens with zero attached hydrogens (tertiary/aromatic N) is 4. The minimum atomic E-state index is -0.806. The van der Waals surface area contributed by atoms with Crippen LogP contribution in [0.25, 0.3) is 0 Å². The van der Waals surface area contributed by atoms with E-state index in [1.54, 1.807) is 12.3 Å². The number of carbonyl (C=O) groups is 1. The van der Waals surface area contributed by atoms with Crippen LogP contribution in [0.4, 0.5) is 14.6 Å². The van der Waals surface area contributed by atoms with Crippen molar-refractivity contribution in [3.63, 3.8) is 0 Å². The molecule has 31 heavy (non-hydrogen) atoms. The van der Waals surface area contributed by atoms with Gasteiger partial charge >= 0.3 is 0 Å². The minimum Gasteiger partial charge on any atom is -0.353 e. The molecule has 0 spiro atoms. The molecular weight excluding hydrogens is 398 g/mol. The topological polar surface area (TPSA) is 39.7 Å². The molecule has 1 aromatic carbocycles. The number of pyridine rings is 1. The first-order valence-electron chi connectivity index (χ1n) is 11.2. The Morgan fingerprint density at radius 2 is 1.87 bits per heavy atom. The molecule has 2 aliphatic rings. The van der Waals surface area contributed by atoms with Crippen molar-refractivity contribution in [1.29, 1.82) is 0 Å². The van der Waals surface area contributed by atoms with Crippen LogP contribution in [0.15, 0.2) is 42.6 Å². The van der Waals surface area contributed by atoms with E-state index in [9.17, 15) is 13.6 Å². The third-order valence-corrected chi connectivity index (χ3v) is 6.37. The maximum absolute atomic E-state index is 13.5. The Morgan fingerprint density at radius 3 is 2.61 bits per heavy atom. The molecule has 2 saturated heterocycles. The molecule has 1 amide bonds. The van der Waals surface area contributed by atoms with Crippen molar-refractivity contribution < 1.29 is 13.6 Å². The zero-order chi connectivity index (χ0) is 21.6. The summed E-state index contributed by atoms with van der Waals surface area (Å²) in [6.07, 6.45) is 5.45. The van der Waals surface area contributed by atoms with Gasteiger partial charge < -0.3 is 9.80 Å². The van der Waals surface area contributed by atoms with E-state index in [1.807, 2.05) is 23.1 Å². The van der Waals surface area contributed by atoms with Crippen LogP contribution in [-0.2, 0) is 11.3 Å². The first kappa shape index (κ1) is 21.7. The van der Waals surface area contributed by atoms with Crippen LogP contribution in [0.2, 0.25) is 0 Å². The third-order valence-electron chi connectivity index (χ3n) is 6.37. The molecule has 0 radical (unpaired) electrons. The van der Waals surface area contributed by atoms with Gasteiger partial charge in [0.25, 0.3) is 0 Å².